The highest BCUT2D eigenvalue weighted by Crippen LogP contribution is 1.93. The minimum absolute atomic E-state index is 0.266. The van der Waals surface area contributed by atoms with Gasteiger partial charge in [0.2, 0.25) is 5.56 Å². The van der Waals surface area contributed by atoms with Crippen LogP contribution in [-0.4, -0.2) is 32.6 Å². The second kappa shape index (κ2) is 5.76. The molecular formula is C11H13N5O2. The third-order valence-electron chi connectivity index (χ3n) is 2.35. The molecule has 0 atom stereocenters. The van der Waals surface area contributed by atoms with Crippen LogP contribution in [0.3, 0.4) is 0 Å². The molecule has 0 aliphatic rings. The zero-order valence-electron chi connectivity index (χ0n) is 9.64. The molecule has 2 aromatic rings. The topological polar surface area (TPSA) is 104 Å². The van der Waals surface area contributed by atoms with Crippen molar-refractivity contribution in [3.63, 3.8) is 0 Å². The molecule has 0 bridgehead atoms. The summed E-state index contributed by atoms with van der Waals surface area (Å²) in [5.74, 6) is 0.502. The zero-order chi connectivity index (χ0) is 12.8. The summed E-state index contributed by atoms with van der Waals surface area (Å²) in [5.41, 5.74) is -0.0218. The van der Waals surface area contributed by atoms with Crippen molar-refractivity contribution in [2.24, 2.45) is 0 Å². The number of aryl methyl sites for hydroxylation is 1. The van der Waals surface area contributed by atoms with E-state index in [9.17, 15) is 9.59 Å². The molecule has 2 heterocycles. The van der Waals surface area contributed by atoms with Gasteiger partial charge in [-0.05, 0) is 12.5 Å². The summed E-state index contributed by atoms with van der Waals surface area (Å²) in [6, 6.07) is 4.47. The van der Waals surface area contributed by atoms with E-state index in [0.717, 1.165) is 12.2 Å². The van der Waals surface area contributed by atoms with E-state index in [1.54, 1.807) is 12.1 Å². The van der Waals surface area contributed by atoms with E-state index in [2.05, 4.69) is 25.5 Å². The first-order chi connectivity index (χ1) is 8.75. The summed E-state index contributed by atoms with van der Waals surface area (Å²) >= 11 is 0. The molecule has 7 nitrogen and oxygen atoms in total. The molecule has 2 aromatic heterocycles. The maximum Gasteiger partial charge on any atom is 0.267 e. The fourth-order valence-electron chi connectivity index (χ4n) is 1.48. The molecule has 0 radical (unpaired) electrons. The molecule has 7 heteroatoms. The molecule has 18 heavy (non-hydrogen) atoms. The van der Waals surface area contributed by atoms with E-state index in [0.29, 0.717) is 13.0 Å². The molecule has 94 valence electrons. The lowest BCUT2D eigenvalue weighted by molar-refractivity contribution is 0.0948. The van der Waals surface area contributed by atoms with Crippen molar-refractivity contribution in [1.29, 1.82) is 0 Å². The van der Waals surface area contributed by atoms with Crippen molar-refractivity contribution in [3.05, 3.63) is 46.4 Å². The standard InChI is InChI=1S/C11H13N5O2/c17-10-5-1-3-8(15-10)11(18)12-6-2-4-9-13-7-14-16-9/h1,3,5,7H,2,4,6H2,(H,12,18)(H,15,17)(H,13,14,16). The summed E-state index contributed by atoms with van der Waals surface area (Å²) in [7, 11) is 0. The average molecular weight is 247 g/mol. The second-order valence-corrected chi connectivity index (χ2v) is 3.72. The minimum atomic E-state index is -0.288. The number of nitrogens with zero attached hydrogens (tertiary/aromatic N) is 2. The summed E-state index contributed by atoms with van der Waals surface area (Å²) in [6.07, 6.45) is 2.91. The van der Waals surface area contributed by atoms with E-state index in [4.69, 9.17) is 0 Å². The Hall–Kier alpha value is -2.44. The highest BCUT2D eigenvalue weighted by atomic mass is 16.2. The lowest BCUT2D eigenvalue weighted by Gasteiger charge is -2.03. The number of amides is 1. The van der Waals surface area contributed by atoms with Gasteiger partial charge in [-0.25, -0.2) is 4.98 Å². The predicted octanol–water partition coefficient (Wildman–Crippen LogP) is -0.144. The second-order valence-electron chi connectivity index (χ2n) is 3.72. The Morgan fingerprint density at radius 3 is 3.00 bits per heavy atom. The van der Waals surface area contributed by atoms with Crippen molar-refractivity contribution >= 4 is 5.91 Å². The number of aromatic nitrogens is 4. The normalized spacial score (nSPS) is 10.2. The Morgan fingerprint density at radius 2 is 2.28 bits per heavy atom. The van der Waals surface area contributed by atoms with E-state index in [1.165, 1.54) is 12.4 Å². The monoisotopic (exact) mass is 247 g/mol. The lowest BCUT2D eigenvalue weighted by atomic mass is 10.3. The zero-order valence-corrected chi connectivity index (χ0v) is 9.64. The lowest BCUT2D eigenvalue weighted by Crippen LogP contribution is -2.27. The van der Waals surface area contributed by atoms with E-state index in [1.807, 2.05) is 0 Å². The summed E-state index contributed by atoms with van der Waals surface area (Å²) in [4.78, 5) is 29.1. The van der Waals surface area contributed by atoms with Crippen LogP contribution in [0.15, 0.2) is 29.3 Å². The third kappa shape index (κ3) is 3.27. The summed E-state index contributed by atoms with van der Waals surface area (Å²) in [5, 5.41) is 9.19. The number of nitrogens with one attached hydrogen (secondary N) is 3. The molecule has 0 saturated carbocycles. The van der Waals surface area contributed by atoms with E-state index in [-0.39, 0.29) is 17.2 Å². The van der Waals surface area contributed by atoms with Crippen LogP contribution in [0.5, 0.6) is 0 Å². The number of carbonyl (C=O) groups excluding carboxylic acids is 1. The average Bonchev–Trinajstić information content (AvgIpc) is 2.87. The summed E-state index contributed by atoms with van der Waals surface area (Å²) in [6.45, 7) is 0.510. The smallest absolute Gasteiger partial charge is 0.267 e. The van der Waals surface area contributed by atoms with Gasteiger partial charge < -0.3 is 10.3 Å². The van der Waals surface area contributed by atoms with Crippen molar-refractivity contribution in [3.8, 4) is 0 Å². The minimum Gasteiger partial charge on any atom is -0.351 e. The van der Waals surface area contributed by atoms with Gasteiger partial charge in [-0.1, -0.05) is 6.07 Å². The van der Waals surface area contributed by atoms with Crippen LogP contribution in [0.4, 0.5) is 0 Å². The first kappa shape index (κ1) is 12.0. The molecule has 0 fully saturated rings. The highest BCUT2D eigenvalue weighted by Gasteiger charge is 2.05. The molecule has 0 aromatic carbocycles. The number of rotatable bonds is 5. The largest absolute Gasteiger partial charge is 0.351 e. The van der Waals surface area contributed by atoms with Crippen LogP contribution < -0.4 is 10.9 Å². The molecule has 0 spiro atoms. The quantitative estimate of drug-likeness (QED) is 0.639. The maximum absolute atomic E-state index is 11.6. The number of hydrogen-bond donors (Lipinski definition) is 3. The fraction of sp³-hybridized carbons (Fsp3) is 0.273. The Morgan fingerprint density at radius 1 is 1.39 bits per heavy atom. The third-order valence-corrected chi connectivity index (χ3v) is 2.35. The van der Waals surface area contributed by atoms with Crippen LogP contribution in [0.25, 0.3) is 0 Å². The van der Waals surface area contributed by atoms with Gasteiger partial charge in [0.1, 0.15) is 17.8 Å². The van der Waals surface area contributed by atoms with Crippen LogP contribution >= 0.6 is 0 Å². The Bertz CT molecular complexity index is 561. The first-order valence-corrected chi connectivity index (χ1v) is 5.57. The van der Waals surface area contributed by atoms with Crippen LogP contribution in [-0.2, 0) is 6.42 Å². The Labute approximate surface area is 103 Å². The molecule has 1 amide bonds. The summed E-state index contributed by atoms with van der Waals surface area (Å²) < 4.78 is 0. The number of aromatic amines is 2. The van der Waals surface area contributed by atoms with Crippen molar-refractivity contribution < 1.29 is 4.79 Å². The number of carbonyl (C=O) groups is 1. The molecule has 0 saturated heterocycles. The van der Waals surface area contributed by atoms with Crippen LogP contribution in [0.2, 0.25) is 0 Å². The first-order valence-electron chi connectivity index (χ1n) is 5.57. The molecule has 2 rings (SSSR count). The van der Waals surface area contributed by atoms with Gasteiger partial charge in [-0.3, -0.25) is 14.7 Å². The van der Waals surface area contributed by atoms with E-state index >= 15 is 0 Å². The van der Waals surface area contributed by atoms with Crippen molar-refractivity contribution in [1.82, 2.24) is 25.5 Å². The fourth-order valence-corrected chi connectivity index (χ4v) is 1.48. The van der Waals surface area contributed by atoms with Crippen molar-refractivity contribution in [2.45, 2.75) is 12.8 Å². The Balaban J connectivity index is 1.77. The van der Waals surface area contributed by atoms with Gasteiger partial charge in [0.15, 0.2) is 0 Å². The highest BCUT2D eigenvalue weighted by molar-refractivity contribution is 5.92. The SMILES string of the molecule is O=C(NCCCc1ncn[nH]1)c1cccc(=O)[nH]1. The van der Waals surface area contributed by atoms with Gasteiger partial charge in [0.25, 0.3) is 5.91 Å². The Kier molecular flexibility index (Phi) is 3.85. The molecule has 0 unspecified atom stereocenters. The molecule has 3 N–H and O–H groups in total. The number of pyridine rings is 1. The molecule has 0 aliphatic carbocycles. The van der Waals surface area contributed by atoms with Gasteiger partial charge >= 0.3 is 0 Å². The predicted molar refractivity (Wildman–Crippen MR) is 64.1 cm³/mol. The van der Waals surface area contributed by atoms with Crippen molar-refractivity contribution in [2.75, 3.05) is 6.54 Å². The van der Waals surface area contributed by atoms with Crippen LogP contribution in [0.1, 0.15) is 22.7 Å². The number of hydrogen-bond acceptors (Lipinski definition) is 4. The maximum atomic E-state index is 11.6. The van der Waals surface area contributed by atoms with Gasteiger partial charge in [-0.15, -0.1) is 0 Å². The van der Waals surface area contributed by atoms with E-state index < -0.39 is 0 Å². The molecule has 0 aliphatic heterocycles. The van der Waals surface area contributed by atoms with Gasteiger partial charge in [-0.2, -0.15) is 5.10 Å². The van der Waals surface area contributed by atoms with Gasteiger partial charge in [0.05, 0.1) is 0 Å². The number of H-pyrrole nitrogens is 2. The van der Waals surface area contributed by atoms with Crippen LogP contribution in [0, 0.1) is 0 Å². The van der Waals surface area contributed by atoms with Gasteiger partial charge in [0, 0.05) is 19.0 Å². The molecular weight excluding hydrogens is 234 g/mol.